The Labute approximate surface area is 289 Å². The van der Waals surface area contributed by atoms with Gasteiger partial charge in [0.05, 0.1) is 23.0 Å². The number of amides is 1. The Kier molecular flexibility index (Phi) is 10.5. The molecular formula is C26H30N7O15P2S+. The molecule has 4 aromatic heterocycles. The molecule has 6 heterocycles. The molecule has 10 N–H and O–H groups in total. The summed E-state index contributed by atoms with van der Waals surface area (Å²) in [5.41, 5.74) is 11.5. The highest BCUT2D eigenvalue weighted by Crippen LogP contribution is 2.61. The van der Waals surface area contributed by atoms with Crippen LogP contribution in [0.4, 0.5) is 5.82 Å². The number of carbonyl (C=O) groups excluding carboxylic acids is 2. The van der Waals surface area contributed by atoms with Crippen molar-refractivity contribution < 1.29 is 76.3 Å². The van der Waals surface area contributed by atoms with E-state index >= 15 is 0 Å². The van der Waals surface area contributed by atoms with E-state index < -0.39 is 83.8 Å². The van der Waals surface area contributed by atoms with E-state index in [1.165, 1.54) is 39.7 Å². The van der Waals surface area contributed by atoms with Crippen LogP contribution in [0, 0.1) is 0 Å². The molecule has 0 radical (unpaired) electrons. The summed E-state index contributed by atoms with van der Waals surface area (Å²) in [6.45, 7) is -1.89. The zero-order valence-corrected chi connectivity index (χ0v) is 28.3. The van der Waals surface area contributed by atoms with Gasteiger partial charge in [0.2, 0.25) is 0 Å². The number of rotatable bonds is 13. The Balaban J connectivity index is 1.10. The molecule has 2 saturated heterocycles. The number of phosphoric acid groups is 2. The number of imidazole rings is 1. The highest BCUT2D eigenvalue weighted by atomic mass is 32.1. The molecule has 2 unspecified atom stereocenters. The second-order valence-electron chi connectivity index (χ2n) is 11.2. The third-order valence-electron chi connectivity index (χ3n) is 7.81. The minimum Gasteiger partial charge on any atom is -0.387 e. The van der Waals surface area contributed by atoms with E-state index in [1.807, 2.05) is 0 Å². The SMILES string of the molecule is NC(=O)c1ccc[n+]([C@@H]2O[C@H](COP(=O)(O)OP(=O)(O)OC[C@H]3O[C@@H](n4c(-c5ccc(C=O)s5)nc5c(N)ncnc54)[C@H](O)[C@@H]3O)[C@@H](O)[C@H]2O)c1. The van der Waals surface area contributed by atoms with Crippen molar-refractivity contribution in [3.05, 3.63) is 53.4 Å². The van der Waals surface area contributed by atoms with Crippen molar-refractivity contribution in [2.45, 2.75) is 49.1 Å². The Bertz CT molecular complexity index is 2050. The first-order valence-corrected chi connectivity index (χ1v) is 18.4. The topological polar surface area (TPSA) is 335 Å². The molecule has 1 amide bonds. The summed E-state index contributed by atoms with van der Waals surface area (Å²) in [6, 6.07) is 5.93. The number of hydrogen-bond donors (Lipinski definition) is 8. The molecule has 25 heteroatoms. The largest absolute Gasteiger partial charge is 0.481 e. The van der Waals surface area contributed by atoms with Gasteiger partial charge in [0.25, 0.3) is 12.1 Å². The lowest BCUT2D eigenvalue weighted by Gasteiger charge is -2.20. The number of aliphatic hydroxyl groups is 4. The van der Waals surface area contributed by atoms with Crippen molar-refractivity contribution in [2.75, 3.05) is 18.9 Å². The third kappa shape index (κ3) is 7.63. The van der Waals surface area contributed by atoms with Gasteiger partial charge in [-0.3, -0.25) is 23.2 Å². The van der Waals surface area contributed by atoms with Gasteiger partial charge in [-0.15, -0.1) is 11.3 Å². The Morgan fingerprint density at radius 1 is 1.00 bits per heavy atom. The predicted molar refractivity (Wildman–Crippen MR) is 168 cm³/mol. The highest BCUT2D eigenvalue weighted by Gasteiger charge is 2.50. The van der Waals surface area contributed by atoms with Crippen LogP contribution in [0.5, 0.6) is 0 Å². The van der Waals surface area contributed by atoms with Crippen molar-refractivity contribution in [3.63, 3.8) is 0 Å². The first kappa shape index (κ1) is 37.1. The number of aldehydes is 1. The van der Waals surface area contributed by atoms with Crippen LogP contribution in [-0.2, 0) is 32.0 Å². The van der Waals surface area contributed by atoms with E-state index in [1.54, 1.807) is 6.07 Å². The summed E-state index contributed by atoms with van der Waals surface area (Å²) >= 11 is 1.05. The van der Waals surface area contributed by atoms with Crippen LogP contribution in [0.25, 0.3) is 21.9 Å². The van der Waals surface area contributed by atoms with Gasteiger partial charge < -0.3 is 51.2 Å². The summed E-state index contributed by atoms with van der Waals surface area (Å²) in [5, 5.41) is 42.6. The molecule has 0 aliphatic carbocycles. The average Bonchev–Trinajstić information content (AvgIpc) is 3.84. The molecule has 0 saturated carbocycles. The lowest BCUT2D eigenvalue weighted by atomic mass is 10.1. The number of nitrogens with zero attached hydrogens (tertiary/aromatic N) is 5. The molecule has 0 aromatic carbocycles. The van der Waals surface area contributed by atoms with Gasteiger partial charge in [0.15, 0.2) is 53.8 Å². The van der Waals surface area contributed by atoms with Crippen molar-refractivity contribution in [1.29, 1.82) is 0 Å². The summed E-state index contributed by atoms with van der Waals surface area (Å²) in [4.78, 5) is 56.4. The van der Waals surface area contributed by atoms with Gasteiger partial charge in [-0.05, 0) is 18.2 Å². The van der Waals surface area contributed by atoms with Crippen molar-refractivity contribution in [3.8, 4) is 10.7 Å². The quantitative estimate of drug-likeness (QED) is 0.0436. The molecule has 51 heavy (non-hydrogen) atoms. The summed E-state index contributed by atoms with van der Waals surface area (Å²) in [6.07, 6.45) is -8.07. The van der Waals surface area contributed by atoms with Crippen molar-refractivity contribution >= 4 is 56.2 Å². The standard InChI is InChI=1S/C26H29N7O15P2S/c27-21-16-24(30-10-29-21)33(23(31-16)15-4-3-12(7-34)51-15)26-20(38)18(36)14(47-26)9-45-50(42,43)48-49(40,41)44-8-13-17(35)19(37)25(46-13)32-5-1-2-11(6-32)22(28)39/h1-7,10,13-14,17-20,25-26,35-38H,8-9H2,(H5-,27,28,29,30,34,39,40,41,42,43)/p+1/t13-,14-,17-,18-,19-,20-,25-,26-/m1/s1. The number of hydrogen-bond acceptors (Lipinski definition) is 18. The van der Waals surface area contributed by atoms with E-state index in [0.717, 1.165) is 17.7 Å². The first-order valence-electron chi connectivity index (χ1n) is 14.6. The molecular weight excluding hydrogens is 744 g/mol. The van der Waals surface area contributed by atoms with Crippen LogP contribution in [-0.4, -0.2) is 112 Å². The molecule has 274 valence electrons. The van der Waals surface area contributed by atoms with E-state index in [9.17, 15) is 48.9 Å². The van der Waals surface area contributed by atoms with Crippen LogP contribution in [0.3, 0.4) is 0 Å². The van der Waals surface area contributed by atoms with Crippen LogP contribution >= 0.6 is 27.0 Å². The summed E-state index contributed by atoms with van der Waals surface area (Å²) in [7, 11) is -10.9. The number of nitrogens with two attached hydrogens (primary N) is 2. The maximum atomic E-state index is 12.7. The van der Waals surface area contributed by atoms with Crippen LogP contribution in [0.1, 0.15) is 32.5 Å². The minimum absolute atomic E-state index is 0.0204. The maximum absolute atomic E-state index is 12.7. The average molecular weight is 775 g/mol. The Morgan fingerprint density at radius 2 is 1.67 bits per heavy atom. The fourth-order valence-corrected chi connectivity index (χ4v) is 8.28. The number of anilines is 1. The number of pyridine rings is 1. The van der Waals surface area contributed by atoms with Gasteiger partial charge >= 0.3 is 15.6 Å². The monoisotopic (exact) mass is 774 g/mol. The van der Waals surface area contributed by atoms with E-state index in [4.69, 9.17) is 30.0 Å². The van der Waals surface area contributed by atoms with Crippen LogP contribution in [0.15, 0.2) is 43.0 Å². The lowest BCUT2D eigenvalue weighted by molar-refractivity contribution is -0.765. The smallest absolute Gasteiger partial charge is 0.387 e. The molecule has 4 aromatic rings. The van der Waals surface area contributed by atoms with E-state index in [0.29, 0.717) is 16.0 Å². The summed E-state index contributed by atoms with van der Waals surface area (Å²) in [5.74, 6) is -0.661. The van der Waals surface area contributed by atoms with Gasteiger partial charge in [-0.25, -0.2) is 24.1 Å². The van der Waals surface area contributed by atoms with Crippen LogP contribution in [0.2, 0.25) is 0 Å². The second-order valence-corrected chi connectivity index (χ2v) is 15.3. The molecule has 0 spiro atoms. The highest BCUT2D eigenvalue weighted by molar-refractivity contribution is 7.61. The number of thiophene rings is 1. The fraction of sp³-hybridized carbons (Fsp3) is 0.385. The Hall–Kier alpha value is -3.64. The molecule has 2 aliphatic heterocycles. The van der Waals surface area contributed by atoms with Gasteiger partial charge in [-0.1, -0.05) is 0 Å². The zero-order chi connectivity index (χ0) is 36.8. The van der Waals surface area contributed by atoms with E-state index in [-0.39, 0.29) is 28.4 Å². The van der Waals surface area contributed by atoms with Gasteiger partial charge in [0, 0.05) is 6.07 Å². The number of fused-ring (bicyclic) bond motifs is 1. The third-order valence-corrected chi connectivity index (χ3v) is 11.4. The predicted octanol–water partition coefficient (Wildman–Crippen LogP) is -1.47. The maximum Gasteiger partial charge on any atom is 0.481 e. The van der Waals surface area contributed by atoms with Crippen molar-refractivity contribution in [1.82, 2.24) is 19.5 Å². The molecule has 2 aliphatic rings. The number of phosphoric ester groups is 2. The molecule has 0 bridgehead atoms. The lowest BCUT2D eigenvalue weighted by Crippen LogP contribution is -2.46. The molecule has 22 nitrogen and oxygen atoms in total. The zero-order valence-electron chi connectivity index (χ0n) is 25.7. The summed E-state index contributed by atoms with van der Waals surface area (Å²) < 4.78 is 52.9. The second kappa shape index (κ2) is 14.4. The minimum atomic E-state index is -5.46. The van der Waals surface area contributed by atoms with Gasteiger partial charge in [-0.2, -0.15) is 8.88 Å². The first-order chi connectivity index (χ1) is 24.1. The molecule has 6 rings (SSSR count). The number of carbonyl (C=O) groups is 2. The van der Waals surface area contributed by atoms with Crippen molar-refractivity contribution in [2.24, 2.45) is 5.73 Å². The number of primary amides is 1. The number of aromatic nitrogens is 5. The number of nitrogen functional groups attached to an aromatic ring is 1. The normalized spacial score (nSPS) is 28.8. The van der Waals surface area contributed by atoms with Gasteiger partial charge in [0.1, 0.15) is 42.4 Å². The number of ether oxygens (including phenoxy) is 2. The van der Waals surface area contributed by atoms with Crippen LogP contribution < -0.4 is 16.0 Å². The molecule has 2 fully saturated rings. The Morgan fingerprint density at radius 3 is 2.31 bits per heavy atom. The number of aliphatic hydroxyl groups excluding tert-OH is 4. The van der Waals surface area contributed by atoms with E-state index in [2.05, 4.69) is 19.3 Å². The fourth-order valence-electron chi connectivity index (χ4n) is 5.38. The molecule has 10 atom stereocenters.